The minimum atomic E-state index is -0.997. The second kappa shape index (κ2) is 7.33. The van der Waals surface area contributed by atoms with Crippen LogP contribution < -0.4 is 5.32 Å². The van der Waals surface area contributed by atoms with E-state index in [0.717, 1.165) is 19.6 Å². The minimum absolute atomic E-state index is 0.330. The van der Waals surface area contributed by atoms with Gasteiger partial charge >= 0.3 is 12.0 Å². The normalized spacial score (nSPS) is 18.9. The smallest absolute Gasteiger partial charge is 0.326 e. The van der Waals surface area contributed by atoms with E-state index in [4.69, 9.17) is 5.11 Å². The second-order valence-electron chi connectivity index (χ2n) is 5.42. The summed E-state index contributed by atoms with van der Waals surface area (Å²) < 4.78 is 0. The molecule has 1 rings (SSSR count). The van der Waals surface area contributed by atoms with Gasteiger partial charge in [0.15, 0.2) is 0 Å². The van der Waals surface area contributed by atoms with Crippen LogP contribution in [0.1, 0.15) is 26.7 Å². The monoisotopic (exact) mass is 271 g/mol. The first-order chi connectivity index (χ1) is 8.91. The molecule has 1 aliphatic heterocycles. The van der Waals surface area contributed by atoms with Crippen molar-refractivity contribution < 1.29 is 14.7 Å². The van der Waals surface area contributed by atoms with Crippen molar-refractivity contribution in [1.82, 2.24) is 15.1 Å². The lowest BCUT2D eigenvalue weighted by Gasteiger charge is -2.24. The number of likely N-dealkylation sites (tertiary alicyclic amines) is 1. The predicted molar refractivity (Wildman–Crippen MR) is 73.1 cm³/mol. The Morgan fingerprint density at radius 3 is 2.42 bits per heavy atom. The van der Waals surface area contributed by atoms with Gasteiger partial charge in [0.05, 0.1) is 0 Å². The zero-order valence-electron chi connectivity index (χ0n) is 12.1. The highest BCUT2D eigenvalue weighted by atomic mass is 16.4. The molecule has 2 N–H and O–H groups in total. The van der Waals surface area contributed by atoms with Crippen molar-refractivity contribution in [1.29, 1.82) is 0 Å². The van der Waals surface area contributed by atoms with Crippen LogP contribution in [-0.2, 0) is 4.79 Å². The Hall–Kier alpha value is -1.30. The fraction of sp³-hybridized carbons (Fsp3) is 0.846. The van der Waals surface area contributed by atoms with E-state index in [0.29, 0.717) is 12.5 Å². The predicted octanol–water partition coefficient (Wildman–Crippen LogP) is 0.833. The first kappa shape index (κ1) is 15.8. The average molecular weight is 271 g/mol. The summed E-state index contributed by atoms with van der Waals surface area (Å²) in [4.78, 5) is 26.2. The summed E-state index contributed by atoms with van der Waals surface area (Å²) in [5.74, 6) is -0.627. The molecule has 2 amide bonds. The molecule has 0 aliphatic carbocycles. The van der Waals surface area contributed by atoms with Crippen LogP contribution in [-0.4, -0.2) is 66.2 Å². The summed E-state index contributed by atoms with van der Waals surface area (Å²) in [7, 11) is 1.50. The Kier molecular flexibility index (Phi) is 6.08. The summed E-state index contributed by atoms with van der Waals surface area (Å²) in [6.07, 6.45) is 2.52. The number of likely N-dealkylation sites (N-methyl/N-ethyl adjacent to an activating group) is 1. The molecular weight excluding hydrogens is 246 g/mol. The van der Waals surface area contributed by atoms with Crippen LogP contribution in [0.4, 0.5) is 4.79 Å². The lowest BCUT2D eigenvalue weighted by atomic mass is 10.1. The van der Waals surface area contributed by atoms with Crippen molar-refractivity contribution in [3.05, 3.63) is 0 Å². The van der Waals surface area contributed by atoms with Gasteiger partial charge in [0.1, 0.15) is 6.04 Å². The summed E-state index contributed by atoms with van der Waals surface area (Å²) in [5.41, 5.74) is 0. The molecule has 6 nitrogen and oxygen atoms in total. The van der Waals surface area contributed by atoms with Gasteiger partial charge in [-0.05, 0) is 38.8 Å². The molecule has 19 heavy (non-hydrogen) atoms. The Morgan fingerprint density at radius 2 is 1.89 bits per heavy atom. The lowest BCUT2D eigenvalue weighted by Crippen LogP contribution is -2.47. The van der Waals surface area contributed by atoms with Crippen LogP contribution in [0.3, 0.4) is 0 Å². The Labute approximate surface area is 114 Å². The zero-order chi connectivity index (χ0) is 14.4. The number of amides is 2. The van der Waals surface area contributed by atoms with Gasteiger partial charge in [-0.2, -0.15) is 0 Å². The number of urea groups is 1. The van der Waals surface area contributed by atoms with Crippen molar-refractivity contribution in [2.45, 2.75) is 32.7 Å². The van der Waals surface area contributed by atoms with Crippen LogP contribution in [0.25, 0.3) is 0 Å². The van der Waals surface area contributed by atoms with Crippen molar-refractivity contribution in [3.8, 4) is 0 Å². The highest BCUT2D eigenvalue weighted by molar-refractivity contribution is 5.82. The van der Waals surface area contributed by atoms with Gasteiger partial charge in [0, 0.05) is 20.1 Å². The number of carbonyl (C=O) groups excluding carboxylic acids is 1. The molecule has 2 atom stereocenters. The number of rotatable bonds is 6. The molecule has 1 saturated heterocycles. The van der Waals surface area contributed by atoms with Crippen LogP contribution in [0.15, 0.2) is 0 Å². The molecule has 110 valence electrons. The largest absolute Gasteiger partial charge is 0.480 e. The van der Waals surface area contributed by atoms with Crippen molar-refractivity contribution in [2.24, 2.45) is 5.92 Å². The molecule has 2 unspecified atom stereocenters. The third-order valence-corrected chi connectivity index (χ3v) is 3.63. The SMILES string of the molecule is CC(CNC(=O)N(C)C(C)C(=O)O)CN1CCCC1. The number of hydrogen-bond donors (Lipinski definition) is 2. The molecule has 0 saturated carbocycles. The van der Waals surface area contributed by atoms with Crippen molar-refractivity contribution in [3.63, 3.8) is 0 Å². The molecule has 6 heteroatoms. The Bertz CT molecular complexity index is 316. The molecule has 0 bridgehead atoms. The van der Waals surface area contributed by atoms with Crippen LogP contribution in [0.5, 0.6) is 0 Å². The van der Waals surface area contributed by atoms with Crippen LogP contribution in [0.2, 0.25) is 0 Å². The van der Waals surface area contributed by atoms with E-state index >= 15 is 0 Å². The average Bonchev–Trinajstić information content (AvgIpc) is 2.86. The summed E-state index contributed by atoms with van der Waals surface area (Å²) in [6, 6.07) is -1.14. The number of hydrogen-bond acceptors (Lipinski definition) is 3. The highest BCUT2D eigenvalue weighted by Crippen LogP contribution is 2.09. The summed E-state index contributed by atoms with van der Waals surface area (Å²) in [5, 5.41) is 11.6. The van der Waals surface area contributed by atoms with Gasteiger partial charge in [-0.3, -0.25) is 0 Å². The standard InChI is InChI=1S/C13H25N3O3/c1-10(9-16-6-4-5-7-16)8-14-13(19)15(3)11(2)12(17)18/h10-11H,4-9H2,1-3H3,(H,14,19)(H,17,18). The van der Waals surface area contributed by atoms with Crippen LogP contribution >= 0.6 is 0 Å². The second-order valence-corrected chi connectivity index (χ2v) is 5.42. The van der Waals surface area contributed by atoms with Gasteiger partial charge in [-0.15, -0.1) is 0 Å². The molecule has 0 aromatic carbocycles. The number of nitrogens with one attached hydrogen (secondary N) is 1. The maximum atomic E-state index is 11.8. The Morgan fingerprint density at radius 1 is 1.32 bits per heavy atom. The maximum Gasteiger partial charge on any atom is 0.326 e. The molecule has 0 radical (unpaired) electrons. The maximum absolute atomic E-state index is 11.8. The fourth-order valence-corrected chi connectivity index (χ4v) is 2.20. The van der Waals surface area contributed by atoms with E-state index in [1.807, 2.05) is 0 Å². The van der Waals surface area contributed by atoms with Gasteiger partial charge in [-0.25, -0.2) is 9.59 Å². The molecule has 0 spiro atoms. The number of carboxylic acids is 1. The summed E-state index contributed by atoms with van der Waals surface area (Å²) in [6.45, 7) is 7.45. The zero-order valence-corrected chi connectivity index (χ0v) is 12.1. The lowest BCUT2D eigenvalue weighted by molar-refractivity contribution is -0.141. The Balaban J connectivity index is 2.26. The highest BCUT2D eigenvalue weighted by Gasteiger charge is 2.22. The first-order valence-electron chi connectivity index (χ1n) is 6.87. The van der Waals surface area contributed by atoms with E-state index in [9.17, 15) is 9.59 Å². The van der Waals surface area contributed by atoms with E-state index in [1.165, 1.54) is 31.7 Å². The topological polar surface area (TPSA) is 72.9 Å². The van der Waals surface area contributed by atoms with Gasteiger partial charge < -0.3 is 20.2 Å². The first-order valence-corrected chi connectivity index (χ1v) is 6.87. The molecule has 1 heterocycles. The minimum Gasteiger partial charge on any atom is -0.480 e. The molecule has 0 aromatic heterocycles. The number of carboxylic acid groups (broad SMARTS) is 1. The van der Waals surface area contributed by atoms with Gasteiger partial charge in [0.25, 0.3) is 0 Å². The van der Waals surface area contributed by atoms with Crippen LogP contribution in [0, 0.1) is 5.92 Å². The number of carbonyl (C=O) groups is 2. The quantitative estimate of drug-likeness (QED) is 0.750. The van der Waals surface area contributed by atoms with Crippen molar-refractivity contribution >= 4 is 12.0 Å². The van der Waals surface area contributed by atoms with Crippen molar-refractivity contribution in [2.75, 3.05) is 33.2 Å². The molecule has 0 aromatic rings. The third-order valence-electron chi connectivity index (χ3n) is 3.63. The van der Waals surface area contributed by atoms with Gasteiger partial charge in [0.2, 0.25) is 0 Å². The number of nitrogens with zero attached hydrogens (tertiary/aromatic N) is 2. The number of aliphatic carboxylic acids is 1. The van der Waals surface area contributed by atoms with E-state index < -0.39 is 12.0 Å². The van der Waals surface area contributed by atoms with Gasteiger partial charge in [-0.1, -0.05) is 6.92 Å². The summed E-state index contributed by atoms with van der Waals surface area (Å²) >= 11 is 0. The van der Waals surface area contributed by atoms with E-state index in [-0.39, 0.29) is 6.03 Å². The van der Waals surface area contributed by atoms with E-state index in [2.05, 4.69) is 17.1 Å². The van der Waals surface area contributed by atoms with E-state index in [1.54, 1.807) is 0 Å². The fourth-order valence-electron chi connectivity index (χ4n) is 2.20. The molecule has 1 aliphatic rings. The third kappa shape index (κ3) is 5.06. The molecular formula is C13H25N3O3. The molecule has 1 fully saturated rings.